The van der Waals surface area contributed by atoms with Crippen LogP contribution in [0.1, 0.15) is 31.9 Å². The summed E-state index contributed by atoms with van der Waals surface area (Å²) in [5.74, 6) is 0.629. The maximum atomic E-state index is 13.4. The molecular formula is C20H23NO3S. The van der Waals surface area contributed by atoms with Crippen LogP contribution in [0.15, 0.2) is 53.4 Å². The molecule has 0 radical (unpaired) electrons. The lowest BCUT2D eigenvalue weighted by Crippen LogP contribution is -2.48. The van der Waals surface area contributed by atoms with Crippen LogP contribution in [0.2, 0.25) is 0 Å². The SMILES string of the molecule is COc1ccc(S(=O)(=O)N2c3cc(C)ccc3C(C)=CC2(C)C)cc1. The number of rotatable bonds is 3. The quantitative estimate of drug-likeness (QED) is 0.818. The molecule has 25 heavy (non-hydrogen) atoms. The lowest BCUT2D eigenvalue weighted by atomic mass is 9.90. The van der Waals surface area contributed by atoms with E-state index in [0.717, 1.165) is 22.4 Å². The summed E-state index contributed by atoms with van der Waals surface area (Å²) in [5, 5.41) is 0. The Hall–Kier alpha value is -2.27. The third-order valence-corrected chi connectivity index (χ3v) is 6.50. The van der Waals surface area contributed by atoms with Crippen molar-refractivity contribution in [3.05, 3.63) is 59.7 Å². The molecule has 0 unspecified atom stereocenters. The fourth-order valence-electron chi connectivity index (χ4n) is 3.41. The van der Waals surface area contributed by atoms with Gasteiger partial charge in [-0.15, -0.1) is 0 Å². The van der Waals surface area contributed by atoms with Crippen molar-refractivity contribution in [1.82, 2.24) is 0 Å². The van der Waals surface area contributed by atoms with Gasteiger partial charge in [-0.2, -0.15) is 0 Å². The highest BCUT2D eigenvalue weighted by Gasteiger charge is 2.40. The first kappa shape index (κ1) is 17.5. The highest BCUT2D eigenvalue weighted by atomic mass is 32.2. The summed E-state index contributed by atoms with van der Waals surface area (Å²) in [5.41, 5.74) is 3.12. The molecule has 1 aliphatic heterocycles. The van der Waals surface area contributed by atoms with Gasteiger partial charge in [0, 0.05) is 5.56 Å². The second kappa shape index (κ2) is 5.92. The maximum Gasteiger partial charge on any atom is 0.265 e. The molecule has 3 rings (SSSR count). The number of nitrogens with zero attached hydrogens (tertiary/aromatic N) is 1. The zero-order chi connectivity index (χ0) is 18.4. The number of aryl methyl sites for hydroxylation is 1. The third kappa shape index (κ3) is 2.93. The van der Waals surface area contributed by atoms with Gasteiger partial charge in [0.25, 0.3) is 10.0 Å². The van der Waals surface area contributed by atoms with Crippen LogP contribution in [0, 0.1) is 6.92 Å². The van der Waals surface area contributed by atoms with Gasteiger partial charge in [0.15, 0.2) is 0 Å². The summed E-state index contributed by atoms with van der Waals surface area (Å²) >= 11 is 0. The Morgan fingerprint density at radius 1 is 1.00 bits per heavy atom. The second-order valence-electron chi connectivity index (χ2n) is 6.95. The summed E-state index contributed by atoms with van der Waals surface area (Å²) in [6.07, 6.45) is 2.01. The van der Waals surface area contributed by atoms with E-state index in [2.05, 4.69) is 0 Å². The van der Waals surface area contributed by atoms with Crippen molar-refractivity contribution < 1.29 is 13.2 Å². The Bertz CT molecular complexity index is 941. The molecule has 5 heteroatoms. The highest BCUT2D eigenvalue weighted by Crippen LogP contribution is 2.42. The molecule has 1 aliphatic rings. The van der Waals surface area contributed by atoms with Gasteiger partial charge in [-0.1, -0.05) is 18.2 Å². The van der Waals surface area contributed by atoms with Gasteiger partial charge in [0.1, 0.15) is 5.75 Å². The lowest BCUT2D eigenvalue weighted by molar-refractivity contribution is 0.414. The number of benzene rings is 2. The van der Waals surface area contributed by atoms with Gasteiger partial charge >= 0.3 is 0 Å². The molecule has 0 atom stereocenters. The van der Waals surface area contributed by atoms with Crippen LogP contribution >= 0.6 is 0 Å². The zero-order valence-electron chi connectivity index (χ0n) is 15.2. The van der Waals surface area contributed by atoms with E-state index in [-0.39, 0.29) is 4.90 Å². The molecular weight excluding hydrogens is 334 g/mol. The first-order valence-electron chi connectivity index (χ1n) is 8.17. The van der Waals surface area contributed by atoms with Crippen molar-refractivity contribution >= 4 is 21.3 Å². The van der Waals surface area contributed by atoms with E-state index in [1.54, 1.807) is 31.4 Å². The molecule has 0 amide bonds. The molecule has 0 bridgehead atoms. The number of allylic oxidation sites excluding steroid dienone is 1. The van der Waals surface area contributed by atoms with Gasteiger partial charge in [-0.05, 0) is 69.2 Å². The smallest absolute Gasteiger partial charge is 0.265 e. The number of anilines is 1. The summed E-state index contributed by atoms with van der Waals surface area (Å²) in [6, 6.07) is 12.4. The predicted octanol–water partition coefficient (Wildman–Crippen LogP) is 4.39. The van der Waals surface area contributed by atoms with Crippen LogP contribution in [0.5, 0.6) is 5.75 Å². The van der Waals surface area contributed by atoms with E-state index in [0.29, 0.717) is 5.75 Å². The van der Waals surface area contributed by atoms with Gasteiger partial charge < -0.3 is 4.74 Å². The standard InChI is InChI=1S/C20H23NO3S/c1-14-6-11-18-15(2)13-20(3,4)21(19(18)12-14)25(22,23)17-9-7-16(24-5)8-10-17/h6-13H,1-5H3. The highest BCUT2D eigenvalue weighted by molar-refractivity contribution is 7.93. The minimum atomic E-state index is -3.72. The van der Waals surface area contributed by atoms with E-state index < -0.39 is 15.6 Å². The van der Waals surface area contributed by atoms with Crippen molar-refractivity contribution in [2.45, 2.75) is 38.1 Å². The number of hydrogen-bond donors (Lipinski definition) is 0. The normalized spacial score (nSPS) is 16.2. The van der Waals surface area contributed by atoms with E-state index in [1.807, 2.05) is 52.0 Å². The van der Waals surface area contributed by atoms with Crippen molar-refractivity contribution in [3.63, 3.8) is 0 Å². The molecule has 0 N–H and O–H groups in total. The largest absolute Gasteiger partial charge is 0.497 e. The lowest BCUT2D eigenvalue weighted by Gasteiger charge is -2.42. The van der Waals surface area contributed by atoms with E-state index in [1.165, 1.54) is 4.31 Å². The Morgan fingerprint density at radius 3 is 2.24 bits per heavy atom. The minimum Gasteiger partial charge on any atom is -0.497 e. The molecule has 0 saturated heterocycles. The van der Waals surface area contributed by atoms with E-state index >= 15 is 0 Å². The molecule has 0 aliphatic carbocycles. The molecule has 2 aromatic rings. The number of methoxy groups -OCH3 is 1. The van der Waals surface area contributed by atoms with Gasteiger partial charge in [0.05, 0.1) is 23.2 Å². The number of fused-ring (bicyclic) bond motifs is 1. The molecule has 0 spiro atoms. The molecule has 4 nitrogen and oxygen atoms in total. The first-order valence-corrected chi connectivity index (χ1v) is 9.61. The first-order chi connectivity index (χ1) is 11.7. The summed E-state index contributed by atoms with van der Waals surface area (Å²) in [4.78, 5) is 0.252. The molecule has 0 aromatic heterocycles. The Labute approximate surface area is 149 Å². The predicted molar refractivity (Wildman–Crippen MR) is 102 cm³/mol. The van der Waals surface area contributed by atoms with Crippen molar-refractivity contribution in [2.75, 3.05) is 11.4 Å². The van der Waals surface area contributed by atoms with Crippen LogP contribution in [0.4, 0.5) is 5.69 Å². The molecule has 1 heterocycles. The van der Waals surface area contributed by atoms with Crippen molar-refractivity contribution in [1.29, 1.82) is 0 Å². The van der Waals surface area contributed by atoms with Gasteiger partial charge in [-0.3, -0.25) is 4.31 Å². The van der Waals surface area contributed by atoms with E-state index in [4.69, 9.17) is 4.74 Å². The average molecular weight is 357 g/mol. The summed E-state index contributed by atoms with van der Waals surface area (Å²) in [7, 11) is -2.16. The number of sulfonamides is 1. The number of ether oxygens (including phenoxy) is 1. The van der Waals surface area contributed by atoms with Crippen LogP contribution in [-0.4, -0.2) is 21.1 Å². The molecule has 0 saturated carbocycles. The fourth-order valence-corrected chi connectivity index (χ4v) is 5.19. The minimum absolute atomic E-state index is 0.252. The Balaban J connectivity index is 2.21. The van der Waals surface area contributed by atoms with Crippen LogP contribution < -0.4 is 9.04 Å². The molecule has 132 valence electrons. The van der Waals surface area contributed by atoms with Crippen LogP contribution in [-0.2, 0) is 10.0 Å². The van der Waals surface area contributed by atoms with Crippen molar-refractivity contribution in [3.8, 4) is 5.75 Å². The average Bonchev–Trinajstić information content (AvgIpc) is 2.53. The number of hydrogen-bond acceptors (Lipinski definition) is 3. The van der Waals surface area contributed by atoms with E-state index in [9.17, 15) is 8.42 Å². The topological polar surface area (TPSA) is 46.6 Å². The van der Waals surface area contributed by atoms with Crippen LogP contribution in [0.25, 0.3) is 5.57 Å². The molecule has 0 fully saturated rings. The Kier molecular flexibility index (Phi) is 4.15. The van der Waals surface area contributed by atoms with Crippen molar-refractivity contribution in [2.24, 2.45) is 0 Å². The summed E-state index contributed by atoms with van der Waals surface area (Å²) < 4.78 is 33.5. The Morgan fingerprint density at radius 2 is 1.64 bits per heavy atom. The van der Waals surface area contributed by atoms with Gasteiger partial charge in [-0.25, -0.2) is 8.42 Å². The zero-order valence-corrected chi connectivity index (χ0v) is 16.0. The third-order valence-electron chi connectivity index (χ3n) is 4.49. The molecule has 2 aromatic carbocycles. The monoisotopic (exact) mass is 357 g/mol. The van der Waals surface area contributed by atoms with Gasteiger partial charge in [0.2, 0.25) is 0 Å². The maximum absolute atomic E-state index is 13.4. The second-order valence-corrected chi connectivity index (χ2v) is 8.73. The fraction of sp³-hybridized carbons (Fsp3) is 0.300. The van der Waals surface area contributed by atoms with Crippen LogP contribution in [0.3, 0.4) is 0 Å². The summed E-state index contributed by atoms with van der Waals surface area (Å²) in [6.45, 7) is 7.83.